The topological polar surface area (TPSA) is 53.5 Å². The maximum Gasteiger partial charge on any atom is 0.416 e. The highest BCUT2D eigenvalue weighted by atomic mass is 19.4. The molecule has 0 aliphatic carbocycles. The fourth-order valence-electron chi connectivity index (χ4n) is 7.65. The Morgan fingerprint density at radius 1 is 0.386 bits per heavy atom. The molecule has 0 atom stereocenters. The number of nitrogens with zero attached hydrogens (tertiary/aromatic N) is 6. The lowest BCUT2D eigenvalue weighted by molar-refractivity contribution is -0.137. The van der Waals surface area contributed by atoms with E-state index in [2.05, 4.69) is 102 Å². The molecule has 0 spiro atoms. The lowest BCUT2D eigenvalue weighted by Crippen LogP contribution is -2.05. The van der Waals surface area contributed by atoms with E-state index in [-0.39, 0.29) is 0 Å². The van der Waals surface area contributed by atoms with Crippen LogP contribution in [0.25, 0.3) is 84.3 Å². The first-order chi connectivity index (χ1) is 27.7. The van der Waals surface area contributed by atoms with Gasteiger partial charge in [-0.05, 0) is 117 Å². The van der Waals surface area contributed by atoms with Gasteiger partial charge in [0.1, 0.15) is 17.5 Å². The first kappa shape index (κ1) is 34.2. The average molecular weight is 751 g/mol. The van der Waals surface area contributed by atoms with Gasteiger partial charge in [-0.15, -0.1) is 0 Å². The van der Waals surface area contributed by atoms with Crippen LogP contribution in [0.1, 0.15) is 16.7 Å². The molecule has 0 aliphatic heterocycles. The monoisotopic (exact) mass is 750 g/mol. The molecule has 0 N–H and O–H groups in total. The SMILES string of the molecule is Cc1ccc(-n2c(-c3cc(-c4nc5ccccc5n4-c4ccc(C)cc4)cc(-c4nc5ccccc5n4-c4ccc(C(F)(F)F)cc4)c3)nc3ccccc32)cc1. The molecule has 7 aromatic carbocycles. The molecule has 0 fully saturated rings. The van der Waals surface area contributed by atoms with Gasteiger partial charge in [0, 0.05) is 33.8 Å². The van der Waals surface area contributed by atoms with Crippen molar-refractivity contribution >= 4 is 33.1 Å². The Balaban J connectivity index is 1.29. The van der Waals surface area contributed by atoms with Crippen LogP contribution in [0.4, 0.5) is 13.2 Å². The number of fused-ring (bicyclic) bond motifs is 3. The number of hydrogen-bond acceptors (Lipinski definition) is 3. The minimum Gasteiger partial charge on any atom is -0.292 e. The van der Waals surface area contributed by atoms with Gasteiger partial charge in [-0.1, -0.05) is 71.8 Å². The van der Waals surface area contributed by atoms with Crippen molar-refractivity contribution < 1.29 is 13.2 Å². The van der Waals surface area contributed by atoms with Crippen LogP contribution in [0.5, 0.6) is 0 Å². The van der Waals surface area contributed by atoms with Crippen LogP contribution in [0.15, 0.2) is 164 Å². The molecule has 6 nitrogen and oxygen atoms in total. The predicted octanol–water partition coefficient (Wildman–Crippen LogP) is 12.3. The van der Waals surface area contributed by atoms with E-state index < -0.39 is 11.7 Å². The highest BCUT2D eigenvalue weighted by Crippen LogP contribution is 2.39. The minimum atomic E-state index is -4.46. The van der Waals surface area contributed by atoms with E-state index in [9.17, 15) is 13.2 Å². The molecule has 276 valence electrons. The third-order valence-corrected chi connectivity index (χ3v) is 10.4. The summed E-state index contributed by atoms with van der Waals surface area (Å²) < 4.78 is 47.5. The van der Waals surface area contributed by atoms with Crippen molar-refractivity contribution in [2.45, 2.75) is 20.0 Å². The van der Waals surface area contributed by atoms with E-state index in [1.54, 1.807) is 0 Å². The molecule has 0 unspecified atom stereocenters. The van der Waals surface area contributed by atoms with Crippen LogP contribution in [0, 0.1) is 13.8 Å². The third kappa shape index (κ3) is 5.95. The van der Waals surface area contributed by atoms with Crippen molar-refractivity contribution in [3.05, 3.63) is 180 Å². The van der Waals surface area contributed by atoms with Gasteiger partial charge in [0.15, 0.2) is 0 Å². The maximum atomic E-state index is 13.7. The zero-order chi connectivity index (χ0) is 38.8. The fraction of sp³-hybridized carbons (Fsp3) is 0.0625. The summed E-state index contributed by atoms with van der Waals surface area (Å²) >= 11 is 0. The van der Waals surface area contributed by atoms with Crippen molar-refractivity contribution in [3.63, 3.8) is 0 Å². The van der Waals surface area contributed by atoms with Gasteiger partial charge in [0.2, 0.25) is 0 Å². The Morgan fingerprint density at radius 2 is 0.684 bits per heavy atom. The van der Waals surface area contributed by atoms with Crippen molar-refractivity contribution in [1.82, 2.24) is 28.7 Å². The van der Waals surface area contributed by atoms with E-state index in [0.29, 0.717) is 17.0 Å². The summed E-state index contributed by atoms with van der Waals surface area (Å²) in [7, 11) is 0. The third-order valence-electron chi connectivity index (χ3n) is 10.4. The van der Waals surface area contributed by atoms with Crippen LogP contribution in [-0.4, -0.2) is 28.7 Å². The fourth-order valence-corrected chi connectivity index (χ4v) is 7.65. The van der Waals surface area contributed by atoms with Crippen LogP contribution in [0.3, 0.4) is 0 Å². The molecule has 0 amide bonds. The molecule has 0 saturated carbocycles. The zero-order valence-electron chi connectivity index (χ0n) is 30.9. The Morgan fingerprint density at radius 3 is 1.00 bits per heavy atom. The van der Waals surface area contributed by atoms with E-state index in [1.165, 1.54) is 12.1 Å². The van der Waals surface area contributed by atoms with E-state index in [0.717, 1.165) is 90.6 Å². The maximum absolute atomic E-state index is 13.7. The number of imidazole rings is 3. The molecule has 0 saturated heterocycles. The molecule has 10 aromatic rings. The zero-order valence-corrected chi connectivity index (χ0v) is 30.9. The molecule has 57 heavy (non-hydrogen) atoms. The van der Waals surface area contributed by atoms with Crippen LogP contribution >= 0.6 is 0 Å². The highest BCUT2D eigenvalue weighted by molar-refractivity contribution is 5.90. The van der Waals surface area contributed by atoms with Gasteiger partial charge >= 0.3 is 6.18 Å². The molecule has 0 bridgehead atoms. The Hall–Kier alpha value is -7.26. The lowest BCUT2D eigenvalue weighted by atomic mass is 10.0. The Kier molecular flexibility index (Phi) is 7.93. The number of rotatable bonds is 6. The smallest absolute Gasteiger partial charge is 0.292 e. The second kappa shape index (κ2) is 13.2. The number of aryl methyl sites for hydroxylation is 2. The van der Waals surface area contributed by atoms with Gasteiger partial charge < -0.3 is 0 Å². The number of alkyl halides is 3. The summed E-state index contributed by atoms with van der Waals surface area (Å²) in [5, 5.41) is 0. The molecule has 0 aliphatic rings. The van der Waals surface area contributed by atoms with Gasteiger partial charge in [-0.25, -0.2) is 15.0 Å². The van der Waals surface area contributed by atoms with Crippen LogP contribution in [-0.2, 0) is 6.18 Å². The lowest BCUT2D eigenvalue weighted by Gasteiger charge is -2.16. The molecular formula is C48H33F3N6. The number of para-hydroxylation sites is 6. The van der Waals surface area contributed by atoms with Crippen molar-refractivity contribution in [1.29, 1.82) is 0 Å². The van der Waals surface area contributed by atoms with Crippen LogP contribution in [0.2, 0.25) is 0 Å². The van der Waals surface area contributed by atoms with E-state index in [4.69, 9.17) is 15.0 Å². The summed E-state index contributed by atoms with van der Waals surface area (Å²) in [5.41, 5.74) is 11.5. The normalized spacial score (nSPS) is 11.9. The van der Waals surface area contributed by atoms with Gasteiger partial charge in [0.05, 0.1) is 38.7 Å². The summed E-state index contributed by atoms with van der Waals surface area (Å²) in [6.45, 7) is 4.13. The number of halogens is 3. The quantitative estimate of drug-likeness (QED) is 0.170. The second-order valence-electron chi connectivity index (χ2n) is 14.3. The van der Waals surface area contributed by atoms with Gasteiger partial charge in [-0.2, -0.15) is 13.2 Å². The average Bonchev–Trinajstić information content (AvgIpc) is 3.93. The first-order valence-corrected chi connectivity index (χ1v) is 18.6. The molecule has 10 rings (SSSR count). The second-order valence-corrected chi connectivity index (χ2v) is 14.3. The summed E-state index contributed by atoms with van der Waals surface area (Å²) in [6.07, 6.45) is -4.46. The molecule has 3 heterocycles. The summed E-state index contributed by atoms with van der Waals surface area (Å²) in [5.74, 6) is 2.01. The number of hydrogen-bond donors (Lipinski definition) is 0. The van der Waals surface area contributed by atoms with Gasteiger partial charge in [-0.3, -0.25) is 13.7 Å². The number of benzene rings is 7. The summed E-state index contributed by atoms with van der Waals surface area (Å²) in [4.78, 5) is 15.6. The van der Waals surface area contributed by atoms with E-state index >= 15 is 0 Å². The predicted molar refractivity (Wildman–Crippen MR) is 221 cm³/mol. The van der Waals surface area contributed by atoms with Gasteiger partial charge in [0.25, 0.3) is 0 Å². The Labute approximate surface area is 325 Å². The first-order valence-electron chi connectivity index (χ1n) is 18.6. The van der Waals surface area contributed by atoms with Crippen LogP contribution < -0.4 is 0 Å². The van der Waals surface area contributed by atoms with Crippen molar-refractivity contribution in [2.24, 2.45) is 0 Å². The summed E-state index contributed by atoms with van der Waals surface area (Å²) in [6, 6.07) is 52.0. The van der Waals surface area contributed by atoms with Crippen molar-refractivity contribution in [2.75, 3.05) is 0 Å². The molecule has 9 heteroatoms. The molecule has 3 aromatic heterocycles. The standard InChI is InChI=1S/C48H33F3N6/c1-30-15-21-36(22-16-30)55-42-12-6-3-9-39(42)52-45(55)32-27-33(46-53-40-10-4-7-13-43(40)56(46)37-23-17-31(2)18-24-37)29-34(28-32)47-54-41-11-5-8-14-44(41)57(47)38-25-19-35(20-26-38)48(49,50)51/h3-29H,1-2H3. The molecule has 0 radical (unpaired) electrons. The highest BCUT2D eigenvalue weighted by Gasteiger charge is 2.30. The minimum absolute atomic E-state index is 0.553. The number of aromatic nitrogens is 6. The Bertz CT molecular complexity index is 2970. The largest absolute Gasteiger partial charge is 0.416 e. The van der Waals surface area contributed by atoms with E-state index in [1.807, 2.05) is 65.2 Å². The molecular weight excluding hydrogens is 718 g/mol. The van der Waals surface area contributed by atoms with Crippen molar-refractivity contribution in [3.8, 4) is 51.2 Å².